The molecular weight excluding hydrogens is 254 g/mol. The molecule has 100 valence electrons. The zero-order chi connectivity index (χ0) is 13.2. The highest BCUT2D eigenvalue weighted by Gasteiger charge is 2.01. The van der Waals surface area contributed by atoms with Gasteiger partial charge in [0, 0.05) is 18.3 Å². The average Bonchev–Trinajstić information content (AvgIpc) is 2.83. The lowest BCUT2D eigenvalue weighted by atomic mass is 10.2. The monoisotopic (exact) mass is 271 g/mol. The van der Waals surface area contributed by atoms with E-state index in [0.29, 0.717) is 19.5 Å². The molecule has 7 heteroatoms. The third-order valence-corrected chi connectivity index (χ3v) is 2.90. The highest BCUT2D eigenvalue weighted by Crippen LogP contribution is 2.00. The van der Waals surface area contributed by atoms with E-state index in [9.17, 15) is 9.59 Å². The van der Waals surface area contributed by atoms with Crippen LogP contribution in [0.5, 0.6) is 0 Å². The molecule has 0 bridgehead atoms. The fourth-order valence-corrected chi connectivity index (χ4v) is 1.90. The van der Waals surface area contributed by atoms with Crippen molar-refractivity contribution in [1.82, 2.24) is 15.6 Å². The summed E-state index contributed by atoms with van der Waals surface area (Å²) in [7, 11) is 0. The van der Waals surface area contributed by atoms with E-state index in [1.807, 2.05) is 5.38 Å². The van der Waals surface area contributed by atoms with Crippen LogP contribution in [0, 0.1) is 0 Å². The summed E-state index contributed by atoms with van der Waals surface area (Å²) in [6, 6.07) is -0.221. The Balaban J connectivity index is 1.95. The second-order valence-electron chi connectivity index (χ2n) is 3.79. The fourth-order valence-electron chi connectivity index (χ4n) is 1.34. The van der Waals surface area contributed by atoms with Crippen molar-refractivity contribution in [2.24, 2.45) is 0 Å². The highest BCUT2D eigenvalue weighted by atomic mass is 32.1. The Bertz CT molecular complexity index is 368. The van der Waals surface area contributed by atoms with Gasteiger partial charge in [0.2, 0.25) is 0 Å². The number of aliphatic carboxylic acids is 1. The van der Waals surface area contributed by atoms with Crippen molar-refractivity contribution in [3.63, 3.8) is 0 Å². The number of amides is 2. The van der Waals surface area contributed by atoms with Crippen LogP contribution < -0.4 is 10.6 Å². The van der Waals surface area contributed by atoms with Crippen molar-refractivity contribution in [1.29, 1.82) is 0 Å². The largest absolute Gasteiger partial charge is 0.481 e. The first-order valence-electron chi connectivity index (χ1n) is 5.79. The predicted octanol–water partition coefficient (Wildman–Crippen LogP) is 1.59. The summed E-state index contributed by atoms with van der Waals surface area (Å²) in [5, 5.41) is 15.7. The van der Waals surface area contributed by atoms with Crippen LogP contribution in [0.15, 0.2) is 10.9 Å². The van der Waals surface area contributed by atoms with Gasteiger partial charge in [-0.2, -0.15) is 0 Å². The van der Waals surface area contributed by atoms with Crippen molar-refractivity contribution in [3.05, 3.63) is 16.6 Å². The van der Waals surface area contributed by atoms with Gasteiger partial charge in [0.25, 0.3) is 0 Å². The van der Waals surface area contributed by atoms with E-state index < -0.39 is 5.97 Å². The molecule has 0 aliphatic heterocycles. The standard InChI is InChI=1S/C11H17N3O3S/c15-10(16)4-2-1-3-5-12-11(17)13-6-9-7-18-8-14-9/h7-8H,1-6H2,(H,15,16)(H2,12,13,17). The maximum atomic E-state index is 11.3. The number of thiazole rings is 1. The number of hydrogen-bond acceptors (Lipinski definition) is 4. The molecule has 1 aromatic heterocycles. The van der Waals surface area contributed by atoms with Crippen molar-refractivity contribution in [2.45, 2.75) is 32.2 Å². The second kappa shape index (κ2) is 8.46. The van der Waals surface area contributed by atoms with Crippen LogP contribution in [0.3, 0.4) is 0 Å². The maximum Gasteiger partial charge on any atom is 0.315 e. The zero-order valence-electron chi connectivity index (χ0n) is 10.0. The molecule has 1 rings (SSSR count). The number of carbonyl (C=O) groups excluding carboxylic acids is 1. The SMILES string of the molecule is O=C(O)CCCCCNC(=O)NCc1cscn1. The van der Waals surface area contributed by atoms with Crippen LogP contribution in [-0.4, -0.2) is 28.6 Å². The van der Waals surface area contributed by atoms with Gasteiger partial charge in [-0.3, -0.25) is 4.79 Å². The Hall–Kier alpha value is -1.63. The average molecular weight is 271 g/mol. The van der Waals surface area contributed by atoms with Gasteiger partial charge in [0.1, 0.15) is 0 Å². The number of urea groups is 1. The van der Waals surface area contributed by atoms with E-state index in [1.165, 1.54) is 11.3 Å². The molecule has 3 N–H and O–H groups in total. The van der Waals surface area contributed by atoms with E-state index >= 15 is 0 Å². The molecule has 1 aromatic rings. The van der Waals surface area contributed by atoms with Crippen LogP contribution in [-0.2, 0) is 11.3 Å². The number of nitrogens with zero attached hydrogens (tertiary/aromatic N) is 1. The summed E-state index contributed by atoms with van der Waals surface area (Å²) < 4.78 is 0. The Morgan fingerprint density at radius 1 is 1.28 bits per heavy atom. The number of unbranched alkanes of at least 4 members (excludes halogenated alkanes) is 2. The van der Waals surface area contributed by atoms with E-state index in [0.717, 1.165) is 18.5 Å². The molecule has 0 spiro atoms. The van der Waals surface area contributed by atoms with Gasteiger partial charge in [-0.05, 0) is 12.8 Å². The normalized spacial score (nSPS) is 10.0. The van der Waals surface area contributed by atoms with Crippen LogP contribution >= 0.6 is 11.3 Å². The van der Waals surface area contributed by atoms with Gasteiger partial charge >= 0.3 is 12.0 Å². The third-order valence-electron chi connectivity index (χ3n) is 2.27. The summed E-state index contributed by atoms with van der Waals surface area (Å²) in [5.41, 5.74) is 2.56. The molecule has 0 fully saturated rings. The highest BCUT2D eigenvalue weighted by molar-refractivity contribution is 7.07. The Morgan fingerprint density at radius 3 is 2.78 bits per heavy atom. The van der Waals surface area contributed by atoms with Gasteiger partial charge in [-0.1, -0.05) is 6.42 Å². The smallest absolute Gasteiger partial charge is 0.315 e. The summed E-state index contributed by atoms with van der Waals surface area (Å²) in [5.74, 6) is -0.774. The second-order valence-corrected chi connectivity index (χ2v) is 4.51. The third kappa shape index (κ3) is 6.85. The molecule has 0 aromatic carbocycles. The summed E-state index contributed by atoms with van der Waals surface area (Å²) in [6.07, 6.45) is 2.43. The lowest BCUT2D eigenvalue weighted by molar-refractivity contribution is -0.137. The Morgan fingerprint density at radius 2 is 2.11 bits per heavy atom. The number of hydrogen-bond donors (Lipinski definition) is 3. The van der Waals surface area contributed by atoms with Crippen LogP contribution in [0.4, 0.5) is 4.79 Å². The molecule has 18 heavy (non-hydrogen) atoms. The van der Waals surface area contributed by atoms with Crippen molar-refractivity contribution < 1.29 is 14.7 Å². The minimum absolute atomic E-state index is 0.190. The zero-order valence-corrected chi connectivity index (χ0v) is 10.8. The van der Waals surface area contributed by atoms with Crippen LogP contribution in [0.2, 0.25) is 0 Å². The van der Waals surface area contributed by atoms with Crippen LogP contribution in [0.1, 0.15) is 31.4 Å². The molecule has 0 aliphatic carbocycles. The van der Waals surface area contributed by atoms with E-state index in [4.69, 9.17) is 5.11 Å². The minimum Gasteiger partial charge on any atom is -0.481 e. The van der Waals surface area contributed by atoms with E-state index in [2.05, 4.69) is 15.6 Å². The molecule has 0 aliphatic rings. The minimum atomic E-state index is -0.774. The number of carboxylic acid groups (broad SMARTS) is 1. The molecule has 0 atom stereocenters. The summed E-state index contributed by atoms with van der Waals surface area (Å²) in [4.78, 5) is 25.6. The van der Waals surface area contributed by atoms with E-state index in [1.54, 1.807) is 5.51 Å². The molecule has 0 saturated heterocycles. The van der Waals surface area contributed by atoms with Gasteiger partial charge in [0.15, 0.2) is 0 Å². The summed E-state index contributed by atoms with van der Waals surface area (Å²) in [6.45, 7) is 0.983. The van der Waals surface area contributed by atoms with Gasteiger partial charge in [0.05, 0.1) is 17.7 Å². The van der Waals surface area contributed by atoms with Crippen molar-refractivity contribution >= 4 is 23.3 Å². The number of carboxylic acids is 1. The van der Waals surface area contributed by atoms with Gasteiger partial charge in [-0.15, -0.1) is 11.3 Å². The van der Waals surface area contributed by atoms with E-state index in [-0.39, 0.29) is 12.5 Å². The molecule has 0 radical (unpaired) electrons. The summed E-state index contributed by atoms with van der Waals surface area (Å²) >= 11 is 1.49. The quantitative estimate of drug-likeness (QED) is 0.626. The molecule has 6 nitrogen and oxygen atoms in total. The number of nitrogens with one attached hydrogen (secondary N) is 2. The Kier molecular flexibility index (Phi) is 6.78. The first-order chi connectivity index (χ1) is 8.68. The predicted molar refractivity (Wildman–Crippen MR) is 68.5 cm³/mol. The molecule has 0 unspecified atom stereocenters. The van der Waals surface area contributed by atoms with Crippen LogP contribution in [0.25, 0.3) is 0 Å². The van der Waals surface area contributed by atoms with Crippen molar-refractivity contribution in [2.75, 3.05) is 6.54 Å². The Labute approximate surface area is 109 Å². The van der Waals surface area contributed by atoms with Gasteiger partial charge in [-0.25, -0.2) is 9.78 Å². The number of carbonyl (C=O) groups is 2. The molecule has 2 amide bonds. The first-order valence-corrected chi connectivity index (χ1v) is 6.73. The number of aromatic nitrogens is 1. The topological polar surface area (TPSA) is 91.3 Å². The first kappa shape index (κ1) is 14.4. The molecule has 0 saturated carbocycles. The molecular formula is C11H17N3O3S. The van der Waals surface area contributed by atoms with Gasteiger partial charge < -0.3 is 15.7 Å². The lowest BCUT2D eigenvalue weighted by Gasteiger charge is -2.05. The fraction of sp³-hybridized carbons (Fsp3) is 0.545. The maximum absolute atomic E-state index is 11.3. The molecule has 1 heterocycles. The lowest BCUT2D eigenvalue weighted by Crippen LogP contribution is -2.35. The number of rotatable bonds is 8. The van der Waals surface area contributed by atoms with Crippen molar-refractivity contribution in [3.8, 4) is 0 Å².